The van der Waals surface area contributed by atoms with Crippen molar-refractivity contribution >= 4 is 17.7 Å². The Morgan fingerprint density at radius 3 is 2.66 bits per heavy atom. The quantitative estimate of drug-likeness (QED) is 0.523. The van der Waals surface area contributed by atoms with E-state index < -0.39 is 6.04 Å². The lowest BCUT2D eigenvalue weighted by Gasteiger charge is -2.37. The fraction of sp³-hybridized carbons (Fsp3) is 0.444. The molecular weight excluding hydrogens is 442 g/mol. The molecule has 3 atom stereocenters. The SMILES string of the molecule is N[C@@H]1CCN(Cc2ccccc2)C[C@H]1CNCc1cccc2c1CN(C1CCC(=O)NC1=O)C2=O. The average molecular weight is 476 g/mol. The van der Waals surface area contributed by atoms with E-state index in [1.165, 1.54) is 5.56 Å². The maximum absolute atomic E-state index is 13.0. The highest BCUT2D eigenvalue weighted by Gasteiger charge is 2.39. The van der Waals surface area contributed by atoms with Gasteiger partial charge in [-0.2, -0.15) is 0 Å². The summed E-state index contributed by atoms with van der Waals surface area (Å²) in [6.45, 7) is 4.75. The molecule has 2 aromatic rings. The number of rotatable bonds is 7. The minimum absolute atomic E-state index is 0.137. The van der Waals surface area contributed by atoms with Crippen LogP contribution in [0.2, 0.25) is 0 Å². The predicted octanol–water partition coefficient (Wildman–Crippen LogP) is 1.39. The number of nitrogens with two attached hydrogens (primary N) is 1. The number of nitrogens with zero attached hydrogens (tertiary/aromatic N) is 2. The van der Waals surface area contributed by atoms with Gasteiger partial charge in [0.1, 0.15) is 6.04 Å². The van der Waals surface area contributed by atoms with Crippen LogP contribution in [0.1, 0.15) is 46.3 Å². The van der Waals surface area contributed by atoms with E-state index >= 15 is 0 Å². The molecule has 0 aromatic heterocycles. The Bertz CT molecular complexity index is 1110. The molecular formula is C27H33N5O3. The number of piperidine rings is 2. The molecule has 3 heterocycles. The van der Waals surface area contributed by atoms with Crippen molar-refractivity contribution in [2.24, 2.45) is 11.7 Å². The van der Waals surface area contributed by atoms with Crippen LogP contribution in [0.3, 0.4) is 0 Å². The normalized spacial score (nSPS) is 25.0. The highest BCUT2D eigenvalue weighted by Crippen LogP contribution is 2.30. The van der Waals surface area contributed by atoms with E-state index in [9.17, 15) is 14.4 Å². The Morgan fingerprint density at radius 1 is 1.03 bits per heavy atom. The van der Waals surface area contributed by atoms with Gasteiger partial charge < -0.3 is 16.0 Å². The number of imide groups is 1. The summed E-state index contributed by atoms with van der Waals surface area (Å²) in [5, 5.41) is 5.94. The fourth-order valence-corrected chi connectivity index (χ4v) is 5.53. The van der Waals surface area contributed by atoms with Gasteiger partial charge in [0.2, 0.25) is 11.8 Å². The maximum Gasteiger partial charge on any atom is 0.255 e. The van der Waals surface area contributed by atoms with Crippen LogP contribution < -0.4 is 16.4 Å². The molecule has 0 saturated carbocycles. The highest BCUT2D eigenvalue weighted by molar-refractivity contribution is 6.05. The Labute approximate surface area is 205 Å². The van der Waals surface area contributed by atoms with Crippen molar-refractivity contribution in [2.45, 2.75) is 51.0 Å². The van der Waals surface area contributed by atoms with Crippen LogP contribution in [0, 0.1) is 5.92 Å². The first-order valence-electron chi connectivity index (χ1n) is 12.5. The largest absolute Gasteiger partial charge is 0.327 e. The Kier molecular flexibility index (Phi) is 6.95. The molecule has 2 saturated heterocycles. The summed E-state index contributed by atoms with van der Waals surface area (Å²) in [4.78, 5) is 41.0. The summed E-state index contributed by atoms with van der Waals surface area (Å²) in [5.74, 6) is -0.440. The second-order valence-electron chi connectivity index (χ2n) is 9.91. The molecule has 2 aromatic carbocycles. The van der Waals surface area contributed by atoms with Crippen molar-refractivity contribution in [2.75, 3.05) is 19.6 Å². The molecule has 0 radical (unpaired) electrons. The van der Waals surface area contributed by atoms with Crippen LogP contribution in [-0.2, 0) is 29.2 Å². The molecule has 35 heavy (non-hydrogen) atoms. The van der Waals surface area contributed by atoms with Crippen LogP contribution in [-0.4, -0.2) is 59.2 Å². The minimum atomic E-state index is -0.593. The zero-order valence-electron chi connectivity index (χ0n) is 19.9. The third-order valence-electron chi connectivity index (χ3n) is 7.53. The lowest BCUT2D eigenvalue weighted by molar-refractivity contribution is -0.136. The minimum Gasteiger partial charge on any atom is -0.327 e. The number of benzene rings is 2. The zero-order valence-corrected chi connectivity index (χ0v) is 19.9. The number of likely N-dealkylation sites (tertiary alicyclic amines) is 1. The van der Waals surface area contributed by atoms with Crippen molar-refractivity contribution in [1.82, 2.24) is 20.4 Å². The second kappa shape index (κ2) is 10.3. The average Bonchev–Trinajstić information content (AvgIpc) is 3.19. The number of nitrogens with one attached hydrogen (secondary N) is 2. The van der Waals surface area contributed by atoms with E-state index in [0.29, 0.717) is 31.0 Å². The van der Waals surface area contributed by atoms with Crippen molar-refractivity contribution in [1.29, 1.82) is 0 Å². The van der Waals surface area contributed by atoms with E-state index in [1.54, 1.807) is 4.90 Å². The van der Waals surface area contributed by atoms with Crippen molar-refractivity contribution in [3.05, 3.63) is 70.8 Å². The first kappa shape index (κ1) is 23.7. The first-order chi connectivity index (χ1) is 17.0. The van der Waals surface area contributed by atoms with Gasteiger partial charge in [-0.1, -0.05) is 42.5 Å². The zero-order chi connectivity index (χ0) is 24.4. The molecule has 2 fully saturated rings. The third kappa shape index (κ3) is 5.15. The number of carbonyl (C=O) groups excluding carboxylic acids is 3. The van der Waals surface area contributed by atoms with E-state index in [2.05, 4.69) is 39.8 Å². The van der Waals surface area contributed by atoms with E-state index in [0.717, 1.165) is 43.7 Å². The van der Waals surface area contributed by atoms with Gasteiger partial charge in [-0.3, -0.25) is 24.6 Å². The molecule has 0 aliphatic carbocycles. The Hall–Kier alpha value is -3.07. The standard InChI is InChI=1S/C27H33N5O3/c28-23-11-12-31(15-18-5-2-1-3-6-18)16-20(23)14-29-13-19-7-4-8-21-22(19)17-32(27(21)35)24-9-10-25(33)30-26(24)34/h1-8,20,23-24,29H,9-17,28H2,(H,30,33,34)/t20-,23-,24?/m1/s1. The molecule has 8 heteroatoms. The maximum atomic E-state index is 13.0. The van der Waals surface area contributed by atoms with Gasteiger partial charge in [-0.05, 0) is 48.1 Å². The third-order valence-corrected chi connectivity index (χ3v) is 7.53. The molecule has 4 N–H and O–H groups in total. The number of hydrogen-bond acceptors (Lipinski definition) is 6. The van der Waals surface area contributed by atoms with Crippen LogP contribution in [0.5, 0.6) is 0 Å². The molecule has 184 valence electrons. The van der Waals surface area contributed by atoms with E-state index in [4.69, 9.17) is 5.73 Å². The summed E-state index contributed by atoms with van der Waals surface area (Å²) < 4.78 is 0. The van der Waals surface area contributed by atoms with E-state index in [-0.39, 0.29) is 30.2 Å². The summed E-state index contributed by atoms with van der Waals surface area (Å²) in [7, 11) is 0. The van der Waals surface area contributed by atoms with Gasteiger partial charge in [0.05, 0.1) is 0 Å². The molecule has 1 unspecified atom stereocenters. The van der Waals surface area contributed by atoms with Crippen LogP contribution in [0.4, 0.5) is 0 Å². The topological polar surface area (TPSA) is 108 Å². The van der Waals surface area contributed by atoms with Gasteiger partial charge in [0.15, 0.2) is 0 Å². The highest BCUT2D eigenvalue weighted by atomic mass is 16.2. The Balaban J connectivity index is 1.19. The summed E-state index contributed by atoms with van der Waals surface area (Å²) in [6, 6.07) is 15.9. The molecule has 3 amide bonds. The lowest BCUT2D eigenvalue weighted by Crippen LogP contribution is -2.52. The number of amides is 3. The van der Waals surface area contributed by atoms with Crippen molar-refractivity contribution in [3.8, 4) is 0 Å². The monoisotopic (exact) mass is 475 g/mol. The van der Waals surface area contributed by atoms with Gasteiger partial charge in [-0.15, -0.1) is 0 Å². The molecule has 5 rings (SSSR count). The summed E-state index contributed by atoms with van der Waals surface area (Å²) in [6.07, 6.45) is 1.61. The lowest BCUT2D eigenvalue weighted by atomic mass is 9.92. The van der Waals surface area contributed by atoms with Gasteiger partial charge in [0, 0.05) is 50.7 Å². The molecule has 0 bridgehead atoms. The van der Waals surface area contributed by atoms with Gasteiger partial charge >= 0.3 is 0 Å². The fourth-order valence-electron chi connectivity index (χ4n) is 5.53. The van der Waals surface area contributed by atoms with Gasteiger partial charge in [-0.25, -0.2) is 0 Å². The van der Waals surface area contributed by atoms with Crippen LogP contribution in [0.15, 0.2) is 48.5 Å². The second-order valence-corrected chi connectivity index (χ2v) is 9.91. The van der Waals surface area contributed by atoms with Crippen molar-refractivity contribution in [3.63, 3.8) is 0 Å². The van der Waals surface area contributed by atoms with Crippen molar-refractivity contribution < 1.29 is 14.4 Å². The predicted molar refractivity (Wildman–Crippen MR) is 132 cm³/mol. The molecule has 0 spiro atoms. The number of fused-ring (bicyclic) bond motifs is 1. The molecule has 3 aliphatic rings. The molecule has 8 nitrogen and oxygen atoms in total. The number of hydrogen-bond donors (Lipinski definition) is 3. The van der Waals surface area contributed by atoms with Gasteiger partial charge in [0.25, 0.3) is 5.91 Å². The molecule has 3 aliphatic heterocycles. The first-order valence-corrected chi connectivity index (χ1v) is 12.5. The van der Waals surface area contributed by atoms with E-state index in [1.807, 2.05) is 24.3 Å². The van der Waals surface area contributed by atoms with Crippen LogP contribution >= 0.6 is 0 Å². The summed E-state index contributed by atoms with van der Waals surface area (Å²) in [5.41, 5.74) is 10.5. The summed E-state index contributed by atoms with van der Waals surface area (Å²) >= 11 is 0. The Morgan fingerprint density at radius 2 is 1.86 bits per heavy atom. The number of carbonyl (C=O) groups is 3. The smallest absolute Gasteiger partial charge is 0.255 e. The van der Waals surface area contributed by atoms with Crippen LogP contribution in [0.25, 0.3) is 0 Å².